The standard InChI is InChI=1S/4C22H29NO4S/c4*1-5-6-22(24)18(3)28(25,26)23(15-19-9-7-17(2)8-10-19)16-20-11-13-21(27-4)14-12-20/h4*5,7-14,18,22,24H,1,6,15-16H2,2-4H3/t2*18-,22+;2*18-,22-/m1010/s1. The highest BCUT2D eigenvalue weighted by Gasteiger charge is 2.38. The van der Waals surface area contributed by atoms with Crippen LogP contribution in [0.2, 0.25) is 0 Å². The van der Waals surface area contributed by atoms with Gasteiger partial charge in [-0.1, -0.05) is 192 Å². The van der Waals surface area contributed by atoms with Crippen molar-refractivity contribution in [2.45, 2.75) is 179 Å². The predicted octanol–water partition coefficient (Wildman–Crippen LogP) is 14.6. The van der Waals surface area contributed by atoms with Gasteiger partial charge in [-0.15, -0.1) is 26.3 Å². The summed E-state index contributed by atoms with van der Waals surface area (Å²) in [6.45, 7) is 30.3. The molecule has 0 aromatic heterocycles. The van der Waals surface area contributed by atoms with Gasteiger partial charge in [0.1, 0.15) is 23.0 Å². The van der Waals surface area contributed by atoms with E-state index >= 15 is 0 Å². The lowest BCUT2D eigenvalue weighted by atomic mass is 10.1. The maximum Gasteiger partial charge on any atom is 0.219 e. The van der Waals surface area contributed by atoms with Gasteiger partial charge in [-0.2, -0.15) is 17.2 Å². The summed E-state index contributed by atoms with van der Waals surface area (Å²) < 4.78 is 132. The maximum absolute atomic E-state index is 13.3. The van der Waals surface area contributed by atoms with Crippen LogP contribution in [-0.2, 0) is 92.5 Å². The van der Waals surface area contributed by atoms with Crippen LogP contribution in [0.4, 0.5) is 0 Å². The molecule has 112 heavy (non-hydrogen) atoms. The number of benzene rings is 8. The zero-order chi connectivity index (χ0) is 82.9. The number of aliphatic hydroxyl groups is 4. The second kappa shape index (κ2) is 45.9. The van der Waals surface area contributed by atoms with Crippen molar-refractivity contribution in [1.29, 1.82) is 0 Å². The maximum atomic E-state index is 13.3. The van der Waals surface area contributed by atoms with Crippen LogP contribution in [0.5, 0.6) is 23.0 Å². The van der Waals surface area contributed by atoms with E-state index in [1.54, 1.807) is 56.1 Å². The van der Waals surface area contributed by atoms with E-state index in [2.05, 4.69) is 26.3 Å². The Bertz CT molecular complexity index is 4040. The summed E-state index contributed by atoms with van der Waals surface area (Å²) in [4.78, 5) is 0. The van der Waals surface area contributed by atoms with E-state index in [0.29, 0.717) is 23.0 Å². The van der Waals surface area contributed by atoms with Gasteiger partial charge in [0.25, 0.3) is 0 Å². The lowest BCUT2D eigenvalue weighted by Gasteiger charge is -2.28. The Morgan fingerprint density at radius 1 is 0.268 bits per heavy atom. The fraction of sp³-hybridized carbons (Fsp3) is 0.364. The highest BCUT2D eigenvalue weighted by Crippen LogP contribution is 2.29. The Morgan fingerprint density at radius 3 is 0.509 bits per heavy atom. The van der Waals surface area contributed by atoms with Crippen molar-refractivity contribution in [2.24, 2.45) is 0 Å². The van der Waals surface area contributed by atoms with Gasteiger partial charge in [0.2, 0.25) is 40.1 Å². The third kappa shape index (κ3) is 29.1. The molecule has 0 saturated heterocycles. The summed E-state index contributed by atoms with van der Waals surface area (Å²) in [5.74, 6) is 2.86. The normalized spacial score (nSPS) is 13.9. The molecule has 0 aliphatic carbocycles. The number of hydrogen-bond donors (Lipinski definition) is 4. The Labute approximate surface area is 667 Å². The van der Waals surface area contributed by atoms with Crippen molar-refractivity contribution in [3.63, 3.8) is 0 Å². The number of aryl methyl sites for hydroxylation is 4. The first-order chi connectivity index (χ1) is 53.1. The smallest absolute Gasteiger partial charge is 0.219 e. The molecule has 0 saturated carbocycles. The topological polar surface area (TPSA) is 267 Å². The highest BCUT2D eigenvalue weighted by atomic mass is 32.2. The van der Waals surface area contributed by atoms with E-state index in [9.17, 15) is 54.1 Å². The third-order valence-corrected chi connectivity index (χ3v) is 28.0. The second-order valence-electron chi connectivity index (χ2n) is 27.8. The number of nitrogens with zero attached hydrogens (tertiary/aromatic N) is 4. The van der Waals surface area contributed by atoms with Crippen molar-refractivity contribution in [1.82, 2.24) is 17.2 Å². The van der Waals surface area contributed by atoms with E-state index in [0.717, 1.165) is 66.8 Å². The van der Waals surface area contributed by atoms with Crippen LogP contribution >= 0.6 is 0 Å². The quantitative estimate of drug-likeness (QED) is 0.0260. The summed E-state index contributed by atoms with van der Waals surface area (Å²) in [7, 11) is -8.61. The zero-order valence-corrected chi connectivity index (χ0v) is 70.1. The molecule has 0 bridgehead atoms. The van der Waals surface area contributed by atoms with Gasteiger partial charge in [0.05, 0.1) is 73.9 Å². The minimum absolute atomic E-state index is 0.214. The number of aliphatic hydroxyl groups excluding tert-OH is 4. The van der Waals surface area contributed by atoms with Crippen molar-refractivity contribution in [3.05, 3.63) is 312 Å². The molecule has 0 spiro atoms. The van der Waals surface area contributed by atoms with Gasteiger partial charge in [-0.05, 0) is 174 Å². The van der Waals surface area contributed by atoms with Crippen LogP contribution in [0.15, 0.2) is 245 Å². The molecule has 0 unspecified atom stereocenters. The monoisotopic (exact) mass is 1610 g/mol. The molecule has 20 nitrogen and oxygen atoms in total. The third-order valence-electron chi connectivity index (χ3n) is 19.1. The number of rotatable bonds is 40. The molecule has 24 heteroatoms. The molecule has 8 aromatic carbocycles. The largest absolute Gasteiger partial charge is 0.497 e. The minimum Gasteiger partial charge on any atom is -0.497 e. The minimum atomic E-state index is -3.74. The van der Waals surface area contributed by atoms with Crippen LogP contribution < -0.4 is 18.9 Å². The summed E-state index contributed by atoms with van der Waals surface area (Å²) >= 11 is 0. The molecule has 0 aliphatic rings. The molecule has 4 N–H and O–H groups in total. The fourth-order valence-electron chi connectivity index (χ4n) is 11.5. The number of hydrogen-bond acceptors (Lipinski definition) is 16. The van der Waals surface area contributed by atoms with E-state index in [4.69, 9.17) is 18.9 Å². The lowest BCUT2D eigenvalue weighted by molar-refractivity contribution is 0.172. The van der Waals surface area contributed by atoms with Gasteiger partial charge in [-0.3, -0.25) is 0 Å². The van der Waals surface area contributed by atoms with Gasteiger partial charge >= 0.3 is 0 Å². The Kier molecular flexibility index (Phi) is 38.5. The molecule has 0 aliphatic heterocycles. The van der Waals surface area contributed by atoms with Crippen molar-refractivity contribution in [2.75, 3.05) is 28.4 Å². The van der Waals surface area contributed by atoms with Crippen LogP contribution in [0.25, 0.3) is 0 Å². The summed E-state index contributed by atoms with van der Waals surface area (Å²) in [6.07, 6.45) is 3.02. The van der Waals surface area contributed by atoms with Crippen molar-refractivity contribution < 1.29 is 73.0 Å². The molecule has 0 heterocycles. The molecular formula is C88H116N4O16S4. The number of sulfonamides is 4. The van der Waals surface area contributed by atoms with E-state index in [1.165, 1.54) is 41.5 Å². The summed E-state index contributed by atoms with van der Waals surface area (Å²) in [5, 5.41) is 37.2. The van der Waals surface area contributed by atoms with Crippen molar-refractivity contribution in [3.8, 4) is 23.0 Å². The van der Waals surface area contributed by atoms with Crippen LogP contribution in [0, 0.1) is 27.7 Å². The number of ether oxygens (including phenoxy) is 4. The zero-order valence-electron chi connectivity index (χ0n) is 66.8. The second-order valence-corrected chi connectivity index (χ2v) is 36.9. The van der Waals surface area contributed by atoms with E-state index < -0.39 is 85.5 Å². The van der Waals surface area contributed by atoms with Gasteiger partial charge in [0, 0.05) is 52.4 Å². The molecule has 0 fully saturated rings. The molecule has 0 radical (unpaired) electrons. The summed E-state index contributed by atoms with van der Waals surface area (Å²) in [5.41, 5.74) is 11.4. The number of methoxy groups -OCH3 is 4. The van der Waals surface area contributed by atoms with Crippen molar-refractivity contribution >= 4 is 40.1 Å². The molecule has 8 rings (SSSR count). The molecule has 0 amide bonds. The average Bonchev–Trinajstić information content (AvgIpc) is 0.822. The first-order valence-electron chi connectivity index (χ1n) is 37.0. The fourth-order valence-corrected chi connectivity index (χ4v) is 18.0. The first-order valence-corrected chi connectivity index (χ1v) is 43.0. The van der Waals surface area contributed by atoms with Crippen LogP contribution in [0.1, 0.15) is 120 Å². The van der Waals surface area contributed by atoms with Crippen LogP contribution in [0.3, 0.4) is 0 Å². The average molecular weight is 1610 g/mol. The molecular weight excluding hydrogens is 1500 g/mol. The van der Waals surface area contributed by atoms with E-state index in [-0.39, 0.29) is 78.0 Å². The molecule has 8 atom stereocenters. The molecule has 608 valence electrons. The lowest BCUT2D eigenvalue weighted by Crippen LogP contribution is -2.42. The highest BCUT2D eigenvalue weighted by molar-refractivity contribution is 7.90. The Balaban J connectivity index is 0.000000267. The van der Waals surface area contributed by atoms with E-state index in [1.807, 2.05) is 222 Å². The predicted molar refractivity (Wildman–Crippen MR) is 450 cm³/mol. The van der Waals surface area contributed by atoms with Gasteiger partial charge < -0.3 is 39.4 Å². The Hall–Kier alpha value is -8.60. The van der Waals surface area contributed by atoms with Gasteiger partial charge in [-0.25, -0.2) is 33.7 Å². The first kappa shape index (κ1) is 94.0. The van der Waals surface area contributed by atoms with Crippen LogP contribution in [-0.4, -0.2) is 145 Å². The SMILES string of the molecule is C=CC[C@@H](O)[C@@H](C)S(=O)(=O)N(Cc1ccc(C)cc1)Cc1ccc(OC)cc1.C=CC[C@@H](O)[C@H](C)S(=O)(=O)N(Cc1ccc(C)cc1)Cc1ccc(OC)cc1.C=CC[C@H](O)[C@@H](C)S(=O)(=O)N(Cc1ccc(C)cc1)Cc1ccc(OC)cc1.C=CC[C@H](O)[C@H](C)S(=O)(=O)N(Cc1ccc(C)cc1)Cc1ccc(OC)cc1. The molecule has 8 aromatic rings. The Morgan fingerprint density at radius 2 is 0.393 bits per heavy atom. The van der Waals surface area contributed by atoms with Gasteiger partial charge in [0.15, 0.2) is 0 Å². The summed E-state index contributed by atoms with van der Waals surface area (Å²) in [6, 6.07) is 60.4.